The highest BCUT2D eigenvalue weighted by atomic mass is 16.6. The molecule has 1 aromatic rings. The summed E-state index contributed by atoms with van der Waals surface area (Å²) in [6, 6.07) is 5.24. The maximum absolute atomic E-state index is 12.9. The fraction of sp³-hybridized carbons (Fsp3) is 0.550. The van der Waals surface area contributed by atoms with Crippen molar-refractivity contribution in [3.05, 3.63) is 34.9 Å². The number of nitrogens with one attached hydrogen (secondary N) is 1. The molecule has 0 radical (unpaired) electrons. The number of Topliss-reactive ketones (excluding diaryl/α,β-unsaturated/α-hetero) is 1. The molecule has 2 amide bonds. The van der Waals surface area contributed by atoms with Crippen LogP contribution in [0.25, 0.3) is 0 Å². The molecule has 0 saturated carbocycles. The maximum Gasteiger partial charge on any atom is 0.407 e. The number of aryl methyl sites for hydroxylation is 2. The van der Waals surface area contributed by atoms with Gasteiger partial charge in [-0.3, -0.25) is 9.59 Å². The van der Waals surface area contributed by atoms with Crippen LogP contribution in [0, 0.1) is 13.8 Å². The summed E-state index contributed by atoms with van der Waals surface area (Å²) in [5, 5.41) is 2.64. The lowest BCUT2D eigenvalue weighted by Crippen LogP contribution is -2.44. The third-order valence-corrected chi connectivity index (χ3v) is 4.30. The van der Waals surface area contributed by atoms with E-state index in [4.69, 9.17) is 4.74 Å². The van der Waals surface area contributed by atoms with Gasteiger partial charge >= 0.3 is 6.09 Å². The third kappa shape index (κ3) is 5.07. The van der Waals surface area contributed by atoms with Crippen molar-refractivity contribution >= 4 is 17.8 Å². The molecule has 1 N–H and O–H groups in total. The molecule has 1 fully saturated rings. The molecule has 1 atom stereocenters. The number of rotatable bonds is 5. The predicted octanol–water partition coefficient (Wildman–Crippen LogP) is 3.00. The molecule has 1 aromatic carbocycles. The Bertz CT molecular complexity index is 706. The van der Waals surface area contributed by atoms with Crippen LogP contribution in [0.5, 0.6) is 0 Å². The Labute approximate surface area is 154 Å². The molecule has 1 aliphatic rings. The number of nitrogens with zero attached hydrogens (tertiary/aromatic N) is 1. The Hall–Kier alpha value is -2.37. The second-order valence-electron chi connectivity index (χ2n) is 7.75. The zero-order chi connectivity index (χ0) is 19.5. The summed E-state index contributed by atoms with van der Waals surface area (Å²) >= 11 is 0. The van der Waals surface area contributed by atoms with Crippen LogP contribution in [0.3, 0.4) is 0 Å². The van der Waals surface area contributed by atoms with Gasteiger partial charge in [0.2, 0.25) is 5.91 Å². The van der Waals surface area contributed by atoms with Crippen LogP contribution < -0.4 is 5.32 Å². The molecule has 142 valence electrons. The number of ether oxygens (including phenoxy) is 1. The SMILES string of the molecule is Cc1ccc(C(=O)[C@@H]2CCC(=O)N2CCNC(=O)OC(C)(C)C)c(C)c1. The van der Waals surface area contributed by atoms with Gasteiger partial charge in [-0.05, 0) is 46.6 Å². The van der Waals surface area contributed by atoms with Crippen molar-refractivity contribution in [3.63, 3.8) is 0 Å². The highest BCUT2D eigenvalue weighted by Gasteiger charge is 2.36. The molecule has 1 saturated heterocycles. The van der Waals surface area contributed by atoms with Crippen molar-refractivity contribution < 1.29 is 19.1 Å². The summed E-state index contributed by atoms with van der Waals surface area (Å²) in [6.45, 7) is 9.79. The van der Waals surface area contributed by atoms with Crippen LogP contribution in [0.2, 0.25) is 0 Å². The first-order chi connectivity index (χ1) is 12.1. The lowest BCUT2D eigenvalue weighted by molar-refractivity contribution is -0.128. The monoisotopic (exact) mass is 360 g/mol. The number of alkyl carbamates (subject to hydrolysis) is 1. The van der Waals surface area contributed by atoms with E-state index >= 15 is 0 Å². The van der Waals surface area contributed by atoms with E-state index in [2.05, 4.69) is 5.32 Å². The van der Waals surface area contributed by atoms with E-state index in [1.165, 1.54) is 0 Å². The van der Waals surface area contributed by atoms with Gasteiger partial charge in [0.1, 0.15) is 5.60 Å². The van der Waals surface area contributed by atoms with Gasteiger partial charge in [0, 0.05) is 25.1 Å². The maximum atomic E-state index is 12.9. The van der Waals surface area contributed by atoms with Crippen molar-refractivity contribution in [1.29, 1.82) is 0 Å². The van der Waals surface area contributed by atoms with Gasteiger partial charge in [-0.25, -0.2) is 4.79 Å². The smallest absolute Gasteiger partial charge is 0.407 e. The Morgan fingerprint density at radius 1 is 1.27 bits per heavy atom. The highest BCUT2D eigenvalue weighted by molar-refractivity contribution is 6.04. The lowest BCUT2D eigenvalue weighted by Gasteiger charge is -2.25. The molecule has 26 heavy (non-hydrogen) atoms. The molecule has 6 heteroatoms. The Kier molecular flexibility index (Phi) is 6.05. The van der Waals surface area contributed by atoms with Gasteiger partial charge in [0.05, 0.1) is 6.04 Å². The van der Waals surface area contributed by atoms with Gasteiger partial charge in [-0.15, -0.1) is 0 Å². The molecule has 1 heterocycles. The molecule has 6 nitrogen and oxygen atoms in total. The van der Waals surface area contributed by atoms with E-state index in [1.54, 1.807) is 25.7 Å². The Morgan fingerprint density at radius 2 is 1.96 bits per heavy atom. The molecule has 1 aliphatic heterocycles. The molecule has 0 bridgehead atoms. The summed E-state index contributed by atoms with van der Waals surface area (Å²) in [5.74, 6) is -0.0929. The summed E-state index contributed by atoms with van der Waals surface area (Å²) in [7, 11) is 0. The van der Waals surface area contributed by atoms with Crippen LogP contribution in [-0.4, -0.2) is 47.4 Å². The molecule has 0 unspecified atom stereocenters. The predicted molar refractivity (Wildman–Crippen MR) is 99.2 cm³/mol. The standard InChI is InChI=1S/C20H28N2O4/c1-13-6-7-15(14(2)12-13)18(24)16-8-9-17(23)22(16)11-10-21-19(25)26-20(3,4)5/h6-7,12,16H,8-11H2,1-5H3,(H,21,25)/t16-/m0/s1. The van der Waals surface area contributed by atoms with E-state index in [1.807, 2.05) is 32.0 Å². The van der Waals surface area contributed by atoms with Crippen molar-refractivity contribution in [2.24, 2.45) is 0 Å². The van der Waals surface area contributed by atoms with Gasteiger partial charge in [-0.2, -0.15) is 0 Å². The van der Waals surface area contributed by atoms with Gasteiger partial charge in [0.15, 0.2) is 5.78 Å². The van der Waals surface area contributed by atoms with Crippen LogP contribution in [0.4, 0.5) is 4.79 Å². The van der Waals surface area contributed by atoms with Gasteiger partial charge in [-0.1, -0.05) is 23.8 Å². The van der Waals surface area contributed by atoms with E-state index in [-0.39, 0.29) is 18.2 Å². The third-order valence-electron chi connectivity index (χ3n) is 4.30. The summed E-state index contributed by atoms with van der Waals surface area (Å²) in [4.78, 5) is 38.4. The molecule has 0 aromatic heterocycles. The minimum atomic E-state index is -0.574. The minimum absolute atomic E-state index is 0.0365. The molecule has 0 aliphatic carbocycles. The van der Waals surface area contributed by atoms with Gasteiger partial charge in [0.25, 0.3) is 0 Å². The second-order valence-corrected chi connectivity index (χ2v) is 7.75. The van der Waals surface area contributed by atoms with Crippen LogP contribution in [0.15, 0.2) is 18.2 Å². The van der Waals surface area contributed by atoms with E-state index in [0.29, 0.717) is 24.9 Å². The zero-order valence-electron chi connectivity index (χ0n) is 16.2. The minimum Gasteiger partial charge on any atom is -0.444 e. The fourth-order valence-electron chi connectivity index (χ4n) is 3.15. The number of benzene rings is 1. The van der Waals surface area contributed by atoms with Crippen LogP contribution in [0.1, 0.15) is 55.1 Å². The number of hydrogen-bond acceptors (Lipinski definition) is 4. The average molecular weight is 360 g/mol. The molecular weight excluding hydrogens is 332 g/mol. The molecule has 0 spiro atoms. The van der Waals surface area contributed by atoms with Crippen molar-refractivity contribution in [2.75, 3.05) is 13.1 Å². The van der Waals surface area contributed by atoms with E-state index < -0.39 is 17.7 Å². The Balaban J connectivity index is 1.99. The summed E-state index contributed by atoms with van der Waals surface area (Å²) < 4.78 is 5.18. The zero-order valence-corrected chi connectivity index (χ0v) is 16.2. The first kappa shape index (κ1) is 19.9. The van der Waals surface area contributed by atoms with Crippen LogP contribution >= 0.6 is 0 Å². The number of hydrogen-bond donors (Lipinski definition) is 1. The fourth-order valence-corrected chi connectivity index (χ4v) is 3.15. The highest BCUT2D eigenvalue weighted by Crippen LogP contribution is 2.24. The van der Waals surface area contributed by atoms with E-state index in [9.17, 15) is 14.4 Å². The average Bonchev–Trinajstić information content (AvgIpc) is 2.86. The molecule has 2 rings (SSSR count). The van der Waals surface area contributed by atoms with Crippen molar-refractivity contribution in [1.82, 2.24) is 10.2 Å². The number of ketones is 1. The van der Waals surface area contributed by atoms with Crippen molar-refractivity contribution in [2.45, 2.75) is 59.1 Å². The first-order valence-electron chi connectivity index (χ1n) is 8.96. The number of carbonyl (C=O) groups excluding carboxylic acids is 3. The first-order valence-corrected chi connectivity index (χ1v) is 8.96. The number of likely N-dealkylation sites (tertiary alicyclic amines) is 1. The number of carbonyl (C=O) groups is 3. The largest absolute Gasteiger partial charge is 0.444 e. The van der Waals surface area contributed by atoms with Crippen LogP contribution in [-0.2, 0) is 9.53 Å². The topological polar surface area (TPSA) is 75.7 Å². The van der Waals surface area contributed by atoms with Gasteiger partial charge < -0.3 is 15.0 Å². The second kappa shape index (κ2) is 7.89. The lowest BCUT2D eigenvalue weighted by atomic mass is 9.96. The Morgan fingerprint density at radius 3 is 2.58 bits per heavy atom. The summed E-state index contributed by atoms with van der Waals surface area (Å²) in [5.41, 5.74) is 2.09. The number of amides is 2. The summed E-state index contributed by atoms with van der Waals surface area (Å²) in [6.07, 6.45) is 0.340. The normalized spacial score (nSPS) is 17.3. The quantitative estimate of drug-likeness (QED) is 0.819. The van der Waals surface area contributed by atoms with Crippen molar-refractivity contribution in [3.8, 4) is 0 Å². The van der Waals surface area contributed by atoms with E-state index in [0.717, 1.165) is 11.1 Å². The molecular formula is C20H28N2O4.